The number of nitrogens with zero attached hydrogens (tertiary/aromatic N) is 4. The smallest absolute Gasteiger partial charge is 0.329 e. The van der Waals surface area contributed by atoms with Crippen LogP contribution >= 0.6 is 11.6 Å². The van der Waals surface area contributed by atoms with E-state index in [0.29, 0.717) is 19.3 Å². The third kappa shape index (κ3) is 4.28. The van der Waals surface area contributed by atoms with Gasteiger partial charge in [0.2, 0.25) is 11.1 Å². The second-order valence-corrected chi connectivity index (χ2v) is 5.27. The van der Waals surface area contributed by atoms with Gasteiger partial charge in [-0.3, -0.25) is 10.1 Å². The fourth-order valence-electron chi connectivity index (χ4n) is 2.53. The number of nitro groups is 1. The molecular weight excluding hydrogens is 324 g/mol. The third-order valence-corrected chi connectivity index (χ3v) is 3.88. The van der Waals surface area contributed by atoms with E-state index in [2.05, 4.69) is 9.97 Å². The monoisotopic (exact) mass is 344 g/mol. The van der Waals surface area contributed by atoms with Crippen LogP contribution in [0.2, 0.25) is 5.28 Å². The number of methoxy groups -OCH3 is 1. The predicted molar refractivity (Wildman–Crippen MR) is 86.6 cm³/mol. The molecule has 1 heterocycles. The number of halogens is 1. The first-order valence-corrected chi connectivity index (χ1v) is 7.81. The normalized spacial score (nSPS) is 12.1. The van der Waals surface area contributed by atoms with Gasteiger partial charge in [0.25, 0.3) is 0 Å². The molecule has 128 valence electrons. The SMILES string of the molecule is CCC(CC)N(c1nc(Cl)ncc1[N+](=O)[O-])C(CC)C(=O)OC. The fourth-order valence-corrected chi connectivity index (χ4v) is 2.66. The lowest BCUT2D eigenvalue weighted by Crippen LogP contribution is -2.48. The Kier molecular flexibility index (Phi) is 7.15. The van der Waals surface area contributed by atoms with Crippen LogP contribution in [0.15, 0.2) is 6.20 Å². The van der Waals surface area contributed by atoms with Crippen LogP contribution < -0.4 is 4.90 Å². The predicted octanol–water partition coefficient (Wildman–Crippen LogP) is 2.98. The molecule has 0 fully saturated rings. The van der Waals surface area contributed by atoms with E-state index in [1.165, 1.54) is 7.11 Å². The summed E-state index contributed by atoms with van der Waals surface area (Å²) in [6, 6.07) is -0.807. The molecule has 0 aliphatic rings. The van der Waals surface area contributed by atoms with Crippen LogP contribution in [-0.2, 0) is 9.53 Å². The van der Waals surface area contributed by atoms with E-state index >= 15 is 0 Å². The van der Waals surface area contributed by atoms with Gasteiger partial charge in [0.15, 0.2) is 0 Å². The molecule has 0 N–H and O–H groups in total. The number of carbonyl (C=O) groups is 1. The maximum Gasteiger partial charge on any atom is 0.329 e. The lowest BCUT2D eigenvalue weighted by atomic mass is 10.0. The van der Waals surface area contributed by atoms with Crippen molar-refractivity contribution in [3.8, 4) is 0 Å². The average Bonchev–Trinajstić information content (AvgIpc) is 2.54. The fraction of sp³-hybridized carbons (Fsp3) is 0.643. The van der Waals surface area contributed by atoms with Crippen molar-refractivity contribution in [2.24, 2.45) is 0 Å². The molecule has 1 unspecified atom stereocenters. The van der Waals surface area contributed by atoms with E-state index in [1.54, 1.807) is 4.90 Å². The molecule has 8 nitrogen and oxygen atoms in total. The summed E-state index contributed by atoms with van der Waals surface area (Å²) in [4.78, 5) is 32.2. The Morgan fingerprint density at radius 3 is 2.43 bits per heavy atom. The molecule has 0 spiro atoms. The second kappa shape index (κ2) is 8.61. The van der Waals surface area contributed by atoms with Gasteiger partial charge in [0.05, 0.1) is 12.0 Å². The van der Waals surface area contributed by atoms with Crippen LogP contribution in [0.5, 0.6) is 0 Å². The Morgan fingerprint density at radius 2 is 2.00 bits per heavy atom. The lowest BCUT2D eigenvalue weighted by Gasteiger charge is -2.36. The van der Waals surface area contributed by atoms with Gasteiger partial charge in [-0.25, -0.2) is 9.78 Å². The Labute approximate surface area is 140 Å². The van der Waals surface area contributed by atoms with Crippen LogP contribution in [-0.4, -0.2) is 40.1 Å². The molecule has 1 atom stereocenters. The molecule has 0 bridgehead atoms. The van der Waals surface area contributed by atoms with E-state index < -0.39 is 16.9 Å². The summed E-state index contributed by atoms with van der Waals surface area (Å²) in [7, 11) is 1.29. The molecule has 0 aliphatic carbocycles. The first-order chi connectivity index (χ1) is 10.9. The summed E-state index contributed by atoms with van der Waals surface area (Å²) < 4.78 is 4.85. The zero-order chi connectivity index (χ0) is 17.6. The summed E-state index contributed by atoms with van der Waals surface area (Å²) in [5, 5.41) is 11.2. The summed E-state index contributed by atoms with van der Waals surface area (Å²) in [6.07, 6.45) is 2.84. The Hall–Kier alpha value is -1.96. The summed E-state index contributed by atoms with van der Waals surface area (Å²) in [5.41, 5.74) is -0.288. The van der Waals surface area contributed by atoms with Gasteiger partial charge in [0, 0.05) is 6.04 Å². The lowest BCUT2D eigenvalue weighted by molar-refractivity contribution is -0.384. The highest BCUT2D eigenvalue weighted by Crippen LogP contribution is 2.32. The highest BCUT2D eigenvalue weighted by Gasteiger charge is 2.35. The first-order valence-electron chi connectivity index (χ1n) is 7.44. The van der Waals surface area contributed by atoms with Gasteiger partial charge in [-0.2, -0.15) is 4.98 Å². The second-order valence-electron chi connectivity index (χ2n) is 4.93. The van der Waals surface area contributed by atoms with Crippen molar-refractivity contribution in [1.82, 2.24) is 9.97 Å². The molecule has 1 rings (SSSR count). The molecule has 0 saturated carbocycles. The highest BCUT2D eigenvalue weighted by molar-refractivity contribution is 6.28. The summed E-state index contributed by atoms with van der Waals surface area (Å²) in [5.74, 6) is -0.426. The minimum absolute atomic E-state index is 0.0425. The van der Waals surface area contributed by atoms with Crippen LogP contribution in [0.4, 0.5) is 11.5 Å². The van der Waals surface area contributed by atoms with Gasteiger partial charge >= 0.3 is 11.7 Å². The molecular formula is C14H21ClN4O4. The Balaban J connectivity index is 3.54. The van der Waals surface area contributed by atoms with E-state index in [1.807, 2.05) is 20.8 Å². The molecule has 0 radical (unpaired) electrons. The molecule has 0 amide bonds. The third-order valence-electron chi connectivity index (χ3n) is 3.69. The van der Waals surface area contributed by atoms with Crippen molar-refractivity contribution in [3.63, 3.8) is 0 Å². The number of anilines is 1. The summed E-state index contributed by atoms with van der Waals surface area (Å²) in [6.45, 7) is 5.70. The number of aromatic nitrogens is 2. The topological polar surface area (TPSA) is 98.5 Å². The highest BCUT2D eigenvalue weighted by atomic mass is 35.5. The van der Waals surface area contributed by atoms with Crippen LogP contribution in [0.1, 0.15) is 40.0 Å². The number of rotatable bonds is 8. The number of hydrogen-bond donors (Lipinski definition) is 0. The quantitative estimate of drug-likeness (QED) is 0.309. The van der Waals surface area contributed by atoms with Crippen LogP contribution in [0.25, 0.3) is 0 Å². The maximum absolute atomic E-state index is 12.2. The minimum Gasteiger partial charge on any atom is -0.467 e. The van der Waals surface area contributed by atoms with E-state index in [9.17, 15) is 14.9 Å². The molecule has 0 aromatic carbocycles. The van der Waals surface area contributed by atoms with Crippen LogP contribution in [0, 0.1) is 10.1 Å². The molecule has 23 heavy (non-hydrogen) atoms. The Bertz CT molecular complexity index is 566. The van der Waals surface area contributed by atoms with Crippen molar-refractivity contribution in [1.29, 1.82) is 0 Å². The van der Waals surface area contributed by atoms with Crippen molar-refractivity contribution in [2.45, 2.75) is 52.1 Å². The number of hydrogen-bond acceptors (Lipinski definition) is 7. The first kappa shape index (κ1) is 19.1. The Morgan fingerprint density at radius 1 is 1.39 bits per heavy atom. The van der Waals surface area contributed by atoms with Gasteiger partial charge < -0.3 is 9.64 Å². The van der Waals surface area contributed by atoms with E-state index in [0.717, 1.165) is 6.20 Å². The van der Waals surface area contributed by atoms with Crippen molar-refractivity contribution in [2.75, 3.05) is 12.0 Å². The van der Waals surface area contributed by atoms with Gasteiger partial charge in [-0.05, 0) is 30.9 Å². The minimum atomic E-state index is -0.686. The number of esters is 1. The standard InChI is InChI=1S/C14H21ClN4O4/c1-5-9(6-2)18(10(7-3)13(20)23-4)12-11(19(21)22)8-16-14(15)17-12/h8-10H,5-7H2,1-4H3. The van der Waals surface area contributed by atoms with Gasteiger partial charge in [-0.1, -0.05) is 20.8 Å². The average molecular weight is 345 g/mol. The largest absolute Gasteiger partial charge is 0.467 e. The number of ether oxygens (including phenoxy) is 1. The van der Waals surface area contributed by atoms with Crippen LogP contribution in [0.3, 0.4) is 0 Å². The molecule has 1 aromatic rings. The molecule has 0 aliphatic heterocycles. The molecule has 1 aromatic heterocycles. The summed E-state index contributed by atoms with van der Waals surface area (Å²) >= 11 is 5.83. The zero-order valence-electron chi connectivity index (χ0n) is 13.7. The van der Waals surface area contributed by atoms with Gasteiger partial charge in [-0.15, -0.1) is 0 Å². The molecule has 9 heteroatoms. The van der Waals surface area contributed by atoms with Gasteiger partial charge in [0.1, 0.15) is 12.2 Å². The zero-order valence-corrected chi connectivity index (χ0v) is 14.4. The van der Waals surface area contributed by atoms with E-state index in [-0.39, 0.29) is 22.8 Å². The van der Waals surface area contributed by atoms with Crippen molar-refractivity contribution < 1.29 is 14.5 Å². The number of carbonyl (C=O) groups excluding carboxylic acids is 1. The van der Waals surface area contributed by atoms with Crippen molar-refractivity contribution >= 4 is 29.1 Å². The maximum atomic E-state index is 12.2. The van der Waals surface area contributed by atoms with E-state index in [4.69, 9.17) is 16.3 Å². The molecule has 0 saturated heterocycles. The van der Waals surface area contributed by atoms with Crippen molar-refractivity contribution in [3.05, 3.63) is 21.6 Å².